The van der Waals surface area contributed by atoms with Crippen LogP contribution in [-0.4, -0.2) is 43.0 Å². The van der Waals surface area contributed by atoms with Crippen LogP contribution in [0.5, 0.6) is 0 Å². The van der Waals surface area contributed by atoms with Gasteiger partial charge in [-0.1, -0.05) is 12.1 Å². The Bertz CT molecular complexity index is 1410. The maximum atomic E-state index is 13.5. The van der Waals surface area contributed by atoms with E-state index in [0.717, 1.165) is 17.1 Å². The van der Waals surface area contributed by atoms with Crippen molar-refractivity contribution in [3.05, 3.63) is 75.4 Å². The number of aromatic amines is 1. The molecule has 0 aliphatic carbocycles. The second-order valence-corrected chi connectivity index (χ2v) is 7.77. The molecule has 0 radical (unpaired) electrons. The predicted molar refractivity (Wildman–Crippen MR) is 113 cm³/mol. The topological polar surface area (TPSA) is 93.0 Å². The van der Waals surface area contributed by atoms with Crippen LogP contribution in [-0.2, 0) is 11.3 Å². The van der Waals surface area contributed by atoms with E-state index in [4.69, 9.17) is 0 Å². The van der Waals surface area contributed by atoms with Gasteiger partial charge in [0.2, 0.25) is 5.91 Å². The second-order valence-electron chi connectivity index (χ2n) is 7.77. The summed E-state index contributed by atoms with van der Waals surface area (Å²) in [6, 6.07) is 11.4. The zero-order valence-corrected chi connectivity index (χ0v) is 16.6. The number of carbonyl (C=O) groups is 1. The molecule has 1 aliphatic rings. The molecule has 1 amide bonds. The van der Waals surface area contributed by atoms with Gasteiger partial charge in [-0.2, -0.15) is 0 Å². The average Bonchev–Trinajstić information content (AvgIpc) is 3.12. The van der Waals surface area contributed by atoms with Gasteiger partial charge >= 0.3 is 5.69 Å². The lowest BCUT2D eigenvalue weighted by Crippen LogP contribution is -2.43. The number of likely N-dealkylation sites (tertiary alicyclic amines) is 1. The first-order valence-electron chi connectivity index (χ1n) is 10.1. The molecule has 1 saturated heterocycles. The van der Waals surface area contributed by atoms with E-state index in [1.165, 1.54) is 23.0 Å². The molecule has 0 unspecified atom stereocenters. The van der Waals surface area contributed by atoms with E-state index >= 15 is 0 Å². The highest BCUT2D eigenvalue weighted by atomic mass is 19.1. The molecule has 5 rings (SSSR count). The van der Waals surface area contributed by atoms with Gasteiger partial charge in [0.1, 0.15) is 12.4 Å². The first-order valence-corrected chi connectivity index (χ1v) is 10.1. The van der Waals surface area contributed by atoms with Crippen LogP contribution in [0.4, 0.5) is 4.39 Å². The summed E-state index contributed by atoms with van der Waals surface area (Å²) in [5.41, 5.74) is 1.45. The first-order chi connectivity index (χ1) is 15.0. The number of benzene rings is 2. The molecule has 4 aromatic rings. The number of aromatic nitrogens is 4. The minimum absolute atomic E-state index is 0.000679. The molecule has 1 N–H and O–H groups in total. The Morgan fingerprint density at radius 2 is 1.90 bits per heavy atom. The Morgan fingerprint density at radius 3 is 2.71 bits per heavy atom. The Balaban J connectivity index is 1.31. The lowest BCUT2D eigenvalue weighted by molar-refractivity contribution is -0.133. The third-order valence-corrected chi connectivity index (χ3v) is 5.90. The molecule has 31 heavy (non-hydrogen) atoms. The number of carbonyl (C=O) groups excluding carboxylic acids is 1. The molecule has 1 fully saturated rings. The van der Waals surface area contributed by atoms with Crippen molar-refractivity contribution in [1.82, 2.24) is 24.0 Å². The monoisotopic (exact) mass is 421 g/mol. The summed E-state index contributed by atoms with van der Waals surface area (Å²) in [7, 11) is 0. The minimum Gasteiger partial charge on any atom is -0.341 e. The molecule has 0 saturated carbocycles. The molecular formula is C22H20FN5O3. The molecule has 0 atom stereocenters. The van der Waals surface area contributed by atoms with Crippen LogP contribution in [0.25, 0.3) is 21.9 Å². The Morgan fingerprint density at radius 1 is 1.13 bits per heavy atom. The molecule has 2 aromatic carbocycles. The summed E-state index contributed by atoms with van der Waals surface area (Å²) in [4.78, 5) is 46.5. The average molecular weight is 421 g/mol. The zero-order valence-electron chi connectivity index (χ0n) is 16.6. The Kier molecular flexibility index (Phi) is 4.65. The van der Waals surface area contributed by atoms with Crippen molar-refractivity contribution in [2.45, 2.75) is 25.4 Å². The third-order valence-electron chi connectivity index (χ3n) is 5.90. The molecule has 158 valence electrons. The Hall–Kier alpha value is -3.75. The molecule has 9 heteroatoms. The maximum absolute atomic E-state index is 13.5. The van der Waals surface area contributed by atoms with Crippen LogP contribution in [0.15, 0.2) is 58.4 Å². The van der Waals surface area contributed by atoms with Crippen molar-refractivity contribution < 1.29 is 9.18 Å². The van der Waals surface area contributed by atoms with Crippen LogP contribution in [0.2, 0.25) is 0 Å². The molecule has 0 spiro atoms. The number of para-hydroxylation sites is 2. The summed E-state index contributed by atoms with van der Waals surface area (Å²) in [5.74, 6) is -0.727. The number of nitrogens with zero attached hydrogens (tertiary/aromatic N) is 4. The van der Waals surface area contributed by atoms with Crippen molar-refractivity contribution in [2.24, 2.45) is 0 Å². The van der Waals surface area contributed by atoms with Crippen molar-refractivity contribution in [2.75, 3.05) is 13.1 Å². The van der Waals surface area contributed by atoms with Crippen molar-refractivity contribution in [3.8, 4) is 0 Å². The summed E-state index contributed by atoms with van der Waals surface area (Å²) < 4.78 is 16.5. The molecule has 3 heterocycles. The van der Waals surface area contributed by atoms with Crippen molar-refractivity contribution in [1.29, 1.82) is 0 Å². The highest BCUT2D eigenvalue weighted by Gasteiger charge is 2.26. The number of H-pyrrole nitrogens is 1. The number of rotatable bonds is 3. The fourth-order valence-electron chi connectivity index (χ4n) is 4.30. The molecular weight excluding hydrogens is 401 g/mol. The van der Waals surface area contributed by atoms with Crippen molar-refractivity contribution >= 4 is 27.8 Å². The number of hydrogen-bond donors (Lipinski definition) is 1. The van der Waals surface area contributed by atoms with Gasteiger partial charge in [0.15, 0.2) is 0 Å². The van der Waals surface area contributed by atoms with Crippen LogP contribution < -0.4 is 11.2 Å². The minimum atomic E-state index is -0.523. The lowest BCUT2D eigenvalue weighted by atomic mass is 10.0. The number of hydrogen-bond acceptors (Lipinski definition) is 4. The van der Waals surface area contributed by atoms with E-state index in [9.17, 15) is 18.8 Å². The summed E-state index contributed by atoms with van der Waals surface area (Å²) in [6.45, 7) is 0.815. The van der Waals surface area contributed by atoms with Crippen LogP contribution in [0, 0.1) is 5.82 Å². The maximum Gasteiger partial charge on any atom is 0.326 e. The number of amides is 1. The van der Waals surface area contributed by atoms with Gasteiger partial charge in [0, 0.05) is 19.1 Å². The number of nitrogens with one attached hydrogen (secondary N) is 1. The van der Waals surface area contributed by atoms with E-state index in [0.29, 0.717) is 31.4 Å². The number of imidazole rings is 1. The van der Waals surface area contributed by atoms with Gasteiger partial charge in [-0.3, -0.25) is 18.7 Å². The van der Waals surface area contributed by atoms with Crippen LogP contribution in [0.3, 0.4) is 0 Å². The lowest BCUT2D eigenvalue weighted by Gasteiger charge is -2.32. The van der Waals surface area contributed by atoms with Gasteiger partial charge in [0.25, 0.3) is 5.56 Å². The Labute approximate surface area is 175 Å². The number of halogens is 1. The number of fused-ring (bicyclic) bond motifs is 2. The summed E-state index contributed by atoms with van der Waals surface area (Å²) in [5, 5.41) is 0.146. The van der Waals surface area contributed by atoms with Crippen LogP contribution >= 0.6 is 0 Å². The predicted octanol–water partition coefficient (Wildman–Crippen LogP) is 2.04. The summed E-state index contributed by atoms with van der Waals surface area (Å²) in [6.07, 6.45) is 2.60. The third kappa shape index (κ3) is 3.41. The van der Waals surface area contributed by atoms with E-state index in [1.807, 2.05) is 24.3 Å². The fourth-order valence-corrected chi connectivity index (χ4v) is 4.30. The summed E-state index contributed by atoms with van der Waals surface area (Å²) >= 11 is 0. The van der Waals surface area contributed by atoms with Gasteiger partial charge in [-0.15, -0.1) is 0 Å². The van der Waals surface area contributed by atoms with Gasteiger partial charge in [0.05, 0.1) is 28.3 Å². The zero-order chi connectivity index (χ0) is 21.5. The highest BCUT2D eigenvalue weighted by molar-refractivity contribution is 5.79. The second kappa shape index (κ2) is 7.50. The first kappa shape index (κ1) is 19.2. The van der Waals surface area contributed by atoms with E-state index in [-0.39, 0.29) is 29.6 Å². The van der Waals surface area contributed by atoms with E-state index < -0.39 is 11.4 Å². The smallest absolute Gasteiger partial charge is 0.326 e. The van der Waals surface area contributed by atoms with E-state index in [1.54, 1.807) is 9.47 Å². The van der Waals surface area contributed by atoms with Gasteiger partial charge in [-0.25, -0.2) is 14.2 Å². The van der Waals surface area contributed by atoms with E-state index in [2.05, 4.69) is 9.97 Å². The standard InChI is InChI=1S/C22H20FN5O3/c23-14-5-6-17-16(11-14)21(30)27(13-24-17)12-20(29)26-9-7-15(8-10-26)28-19-4-2-1-3-18(19)25-22(28)31/h1-6,11,13,15H,7-10,12H2,(H,25,31). The largest absolute Gasteiger partial charge is 0.341 e. The number of piperidine rings is 1. The molecule has 0 bridgehead atoms. The molecule has 8 nitrogen and oxygen atoms in total. The molecule has 1 aliphatic heterocycles. The highest BCUT2D eigenvalue weighted by Crippen LogP contribution is 2.25. The quantitative estimate of drug-likeness (QED) is 0.548. The van der Waals surface area contributed by atoms with Gasteiger partial charge < -0.3 is 9.88 Å². The molecule has 2 aromatic heterocycles. The fraction of sp³-hybridized carbons (Fsp3) is 0.273. The van der Waals surface area contributed by atoms with Crippen LogP contribution in [0.1, 0.15) is 18.9 Å². The SMILES string of the molecule is O=C(Cn1cnc2ccc(F)cc2c1=O)N1CCC(n2c(=O)[nH]c3ccccc32)CC1. The normalized spacial score (nSPS) is 15.1. The van der Waals surface area contributed by atoms with Gasteiger partial charge in [-0.05, 0) is 43.2 Å². The van der Waals surface area contributed by atoms with Crippen molar-refractivity contribution in [3.63, 3.8) is 0 Å².